The molecule has 0 spiro atoms. The van der Waals surface area contributed by atoms with Gasteiger partial charge in [0.2, 0.25) is 0 Å². The Morgan fingerprint density at radius 1 is 0.638 bits per heavy atom. The third-order valence-electron chi connectivity index (χ3n) is 8.25. The molecule has 4 aromatic rings. The molecule has 16 nitrogen and oxygen atoms in total. The summed E-state index contributed by atoms with van der Waals surface area (Å²) < 4.78 is 0. The molecule has 1 aliphatic heterocycles. The van der Waals surface area contributed by atoms with Crippen molar-refractivity contribution in [1.29, 1.82) is 0 Å². The van der Waals surface area contributed by atoms with Gasteiger partial charge in [0, 0.05) is 75.1 Å². The zero-order valence-corrected chi connectivity index (χ0v) is 33.3. The summed E-state index contributed by atoms with van der Waals surface area (Å²) in [5, 5.41) is 46.5. The third-order valence-corrected chi connectivity index (χ3v) is 8.25. The third kappa shape index (κ3) is 24.2. The summed E-state index contributed by atoms with van der Waals surface area (Å²) in [5.74, 6) is 0.385. The van der Waals surface area contributed by atoms with Crippen LogP contribution in [-0.2, 0) is 32.0 Å². The molecule has 5 heterocycles. The molecular weight excluding hydrogens is 745 g/mol. The van der Waals surface area contributed by atoms with Crippen LogP contribution < -0.4 is 21.3 Å². The van der Waals surface area contributed by atoms with Crippen molar-refractivity contribution in [3.63, 3.8) is 0 Å². The minimum Gasteiger partial charge on any atom is -0.481 e. The van der Waals surface area contributed by atoms with Crippen molar-refractivity contribution < 1.29 is 39.6 Å². The molecule has 0 bridgehead atoms. The van der Waals surface area contributed by atoms with E-state index in [-0.39, 0.29) is 37.8 Å². The molecule has 16 heteroatoms. The van der Waals surface area contributed by atoms with Gasteiger partial charge in [-0.25, -0.2) is 19.9 Å². The average Bonchev–Trinajstić information content (AvgIpc) is 3.20. The molecule has 314 valence electrons. The van der Waals surface area contributed by atoms with Gasteiger partial charge < -0.3 is 41.7 Å². The monoisotopic (exact) mass is 802 g/mol. The summed E-state index contributed by atoms with van der Waals surface area (Å²) in [6.45, 7) is 5.59. The number of aromatic nitrogens is 4. The number of aliphatic carboxylic acids is 4. The molecule has 0 aromatic carbocycles. The second-order valence-electron chi connectivity index (χ2n) is 13.5. The normalized spacial score (nSPS) is 12.0. The number of hydrogen-bond acceptors (Lipinski definition) is 12. The van der Waals surface area contributed by atoms with E-state index >= 15 is 0 Å². The van der Waals surface area contributed by atoms with Gasteiger partial charge in [0.05, 0.1) is 0 Å². The van der Waals surface area contributed by atoms with E-state index in [1.807, 2.05) is 74.5 Å². The molecule has 8 N–H and O–H groups in total. The summed E-state index contributed by atoms with van der Waals surface area (Å²) in [7, 11) is 0. The van der Waals surface area contributed by atoms with Crippen molar-refractivity contribution in [2.75, 3.05) is 34.4 Å². The zero-order valence-electron chi connectivity index (χ0n) is 33.3. The van der Waals surface area contributed by atoms with Crippen LogP contribution in [0, 0.1) is 0 Å². The Kier molecular flexibility index (Phi) is 23.9. The molecule has 0 amide bonds. The lowest BCUT2D eigenvalue weighted by atomic mass is 10.1. The molecule has 4 aromatic heterocycles. The topological polar surface area (TPSA) is 249 Å². The fraction of sp³-hybridized carbons (Fsp3) is 0.429. The highest BCUT2D eigenvalue weighted by molar-refractivity contribution is 5.67. The fourth-order valence-electron chi connectivity index (χ4n) is 5.30. The number of fused-ring (bicyclic) bond motifs is 1. The van der Waals surface area contributed by atoms with Crippen molar-refractivity contribution >= 4 is 47.1 Å². The van der Waals surface area contributed by atoms with Crippen LogP contribution in [0.5, 0.6) is 0 Å². The summed E-state index contributed by atoms with van der Waals surface area (Å²) in [6.07, 6.45) is 12.3. The van der Waals surface area contributed by atoms with Crippen LogP contribution in [-0.4, -0.2) is 89.4 Å². The van der Waals surface area contributed by atoms with Gasteiger partial charge in [-0.2, -0.15) is 0 Å². The number of hydrogen-bond donors (Lipinski definition) is 8. The highest BCUT2D eigenvalue weighted by Gasteiger charge is 2.10. The average molecular weight is 803 g/mol. The number of carboxylic acid groups (broad SMARTS) is 4. The van der Waals surface area contributed by atoms with Gasteiger partial charge in [0.25, 0.3) is 0 Å². The molecule has 58 heavy (non-hydrogen) atoms. The van der Waals surface area contributed by atoms with Gasteiger partial charge in [0.15, 0.2) is 0 Å². The number of nitrogens with one attached hydrogen (secondary N) is 4. The number of aryl methyl sites for hydroxylation is 2. The number of rotatable bonds is 20. The number of pyridine rings is 4. The van der Waals surface area contributed by atoms with E-state index in [0.717, 1.165) is 61.2 Å². The number of anilines is 4. The van der Waals surface area contributed by atoms with E-state index in [1.54, 1.807) is 18.6 Å². The largest absolute Gasteiger partial charge is 0.481 e. The van der Waals surface area contributed by atoms with Gasteiger partial charge in [-0.15, -0.1) is 0 Å². The first-order valence-corrected chi connectivity index (χ1v) is 19.5. The highest BCUT2D eigenvalue weighted by Crippen LogP contribution is 2.20. The number of carboxylic acids is 4. The van der Waals surface area contributed by atoms with E-state index < -0.39 is 23.9 Å². The van der Waals surface area contributed by atoms with Gasteiger partial charge in [-0.1, -0.05) is 24.3 Å². The van der Waals surface area contributed by atoms with Crippen LogP contribution in [0.15, 0.2) is 85.3 Å². The van der Waals surface area contributed by atoms with E-state index in [9.17, 15) is 19.2 Å². The lowest BCUT2D eigenvalue weighted by molar-refractivity contribution is -0.138. The van der Waals surface area contributed by atoms with E-state index in [0.29, 0.717) is 32.2 Å². The Hall–Kier alpha value is -6.32. The van der Waals surface area contributed by atoms with Crippen LogP contribution >= 0.6 is 0 Å². The minimum atomic E-state index is -0.764. The van der Waals surface area contributed by atoms with Gasteiger partial charge in [0.1, 0.15) is 23.3 Å². The predicted molar refractivity (Wildman–Crippen MR) is 224 cm³/mol. The Morgan fingerprint density at radius 2 is 1.16 bits per heavy atom. The van der Waals surface area contributed by atoms with Crippen LogP contribution in [0.1, 0.15) is 89.3 Å². The SMILES string of the molecule is CC(CCC(=O)O)Nc1ccccn1.CC(CCCC(=O)O)Nc1ccccn1.O=C(O)CCCNc1ccccn1.O=C(O)CCCc1ccc2c(n1)NCCC2. The van der Waals surface area contributed by atoms with E-state index in [2.05, 4.69) is 47.3 Å². The summed E-state index contributed by atoms with van der Waals surface area (Å²) in [4.78, 5) is 57.9. The van der Waals surface area contributed by atoms with Gasteiger partial charge in [-0.05, 0) is 113 Å². The van der Waals surface area contributed by atoms with Crippen molar-refractivity contribution in [3.8, 4) is 0 Å². The highest BCUT2D eigenvalue weighted by atomic mass is 16.4. The summed E-state index contributed by atoms with van der Waals surface area (Å²) >= 11 is 0. The van der Waals surface area contributed by atoms with E-state index in [4.69, 9.17) is 20.4 Å². The molecule has 0 fully saturated rings. The molecule has 0 radical (unpaired) electrons. The summed E-state index contributed by atoms with van der Waals surface area (Å²) in [5.41, 5.74) is 2.25. The van der Waals surface area contributed by atoms with Crippen LogP contribution in [0.25, 0.3) is 0 Å². The quantitative estimate of drug-likeness (QED) is 0.0415. The summed E-state index contributed by atoms with van der Waals surface area (Å²) in [6, 6.07) is 21.3. The maximum absolute atomic E-state index is 10.4. The molecule has 5 rings (SSSR count). The zero-order chi connectivity index (χ0) is 42.4. The molecule has 1 aliphatic rings. The first kappa shape index (κ1) is 47.8. The Bertz CT molecular complexity index is 1750. The molecular formula is C42H58N8O8. The van der Waals surface area contributed by atoms with Gasteiger partial charge in [-0.3, -0.25) is 19.2 Å². The fourth-order valence-corrected chi connectivity index (χ4v) is 5.30. The van der Waals surface area contributed by atoms with Crippen LogP contribution in [0.3, 0.4) is 0 Å². The lowest BCUT2D eigenvalue weighted by Gasteiger charge is -2.17. The van der Waals surface area contributed by atoms with Crippen molar-refractivity contribution in [1.82, 2.24) is 19.9 Å². The van der Waals surface area contributed by atoms with Crippen molar-refractivity contribution in [2.24, 2.45) is 0 Å². The molecule has 2 atom stereocenters. The smallest absolute Gasteiger partial charge is 0.303 e. The second kappa shape index (κ2) is 29.0. The first-order valence-electron chi connectivity index (χ1n) is 19.5. The molecule has 0 saturated carbocycles. The molecule has 0 aliphatic carbocycles. The number of carbonyl (C=O) groups is 4. The van der Waals surface area contributed by atoms with Crippen LogP contribution in [0.4, 0.5) is 23.3 Å². The molecule has 0 saturated heterocycles. The van der Waals surface area contributed by atoms with Crippen molar-refractivity contribution in [2.45, 2.75) is 103 Å². The van der Waals surface area contributed by atoms with Crippen molar-refractivity contribution in [3.05, 3.63) is 96.6 Å². The standard InChI is InChI=1S/C12H16N2O2.C11H16N2O2.C10H14N2O2.C9H12N2O2/c15-11(16)5-1-4-10-7-6-9-3-2-8-13-12(9)14-10;1-9(5-4-7-11(14)15)13-10-6-2-3-8-12-10;1-8(5-6-10(13)14)12-9-4-2-3-7-11-9;12-9(13)5-3-7-11-8-4-1-2-6-10-8/h6-7H,1-5,8H2,(H,13,14)(H,15,16);2-3,6,8-9H,4-5,7H2,1H3,(H,12,13)(H,14,15);2-4,7-8H,5-6H2,1H3,(H,11,12)(H,13,14);1-2,4,6H,3,5,7H2,(H,10,11)(H,12,13). The predicted octanol–water partition coefficient (Wildman–Crippen LogP) is 7.09. The van der Waals surface area contributed by atoms with Crippen LogP contribution in [0.2, 0.25) is 0 Å². The maximum Gasteiger partial charge on any atom is 0.303 e. The molecule has 2 unspecified atom stereocenters. The number of nitrogens with zero attached hydrogens (tertiary/aromatic N) is 4. The first-order chi connectivity index (χ1) is 27.9. The van der Waals surface area contributed by atoms with E-state index in [1.165, 1.54) is 5.56 Å². The second-order valence-corrected chi connectivity index (χ2v) is 13.5. The Balaban J connectivity index is 0.000000268. The lowest BCUT2D eigenvalue weighted by Crippen LogP contribution is -2.17. The Morgan fingerprint density at radius 3 is 1.69 bits per heavy atom. The maximum atomic E-state index is 10.4. The van der Waals surface area contributed by atoms with Gasteiger partial charge >= 0.3 is 23.9 Å². The minimum absolute atomic E-state index is 0.126. The Labute approximate surface area is 340 Å².